The summed E-state index contributed by atoms with van der Waals surface area (Å²) in [6.45, 7) is 1.89. The van der Waals surface area contributed by atoms with E-state index in [4.69, 9.17) is 15.2 Å². The SMILES string of the molecule is CCOc1cc(/C=N\NC(=O)Cc2ccccc2[N+](=O)[O-])ccc1OCC(N)=O. The number of ether oxygens (including phenoxy) is 2. The van der Waals surface area contributed by atoms with Crippen molar-refractivity contribution in [3.63, 3.8) is 0 Å². The third-order valence-electron chi connectivity index (χ3n) is 3.58. The van der Waals surface area contributed by atoms with Crippen LogP contribution in [-0.2, 0) is 16.0 Å². The minimum Gasteiger partial charge on any atom is -0.490 e. The number of nitro benzene ring substituents is 1. The first-order chi connectivity index (χ1) is 13.9. The largest absolute Gasteiger partial charge is 0.490 e. The van der Waals surface area contributed by atoms with Crippen molar-refractivity contribution in [3.8, 4) is 11.5 Å². The molecule has 10 heteroatoms. The van der Waals surface area contributed by atoms with Crippen LogP contribution in [0, 0.1) is 10.1 Å². The van der Waals surface area contributed by atoms with E-state index in [0.717, 1.165) is 0 Å². The molecule has 0 atom stereocenters. The maximum atomic E-state index is 12.0. The molecule has 0 unspecified atom stereocenters. The molecule has 152 valence electrons. The number of carbonyl (C=O) groups is 2. The number of rotatable bonds is 10. The van der Waals surface area contributed by atoms with Gasteiger partial charge >= 0.3 is 0 Å². The van der Waals surface area contributed by atoms with E-state index in [2.05, 4.69) is 10.5 Å². The number of benzene rings is 2. The van der Waals surface area contributed by atoms with Crippen LogP contribution in [-0.4, -0.2) is 36.2 Å². The van der Waals surface area contributed by atoms with Crippen LogP contribution in [0.4, 0.5) is 5.69 Å². The molecule has 0 aliphatic rings. The van der Waals surface area contributed by atoms with Crippen LogP contribution in [0.5, 0.6) is 11.5 Å². The fourth-order valence-electron chi connectivity index (χ4n) is 2.37. The fourth-order valence-corrected chi connectivity index (χ4v) is 2.37. The Balaban J connectivity index is 2.02. The topological polar surface area (TPSA) is 146 Å². The number of nitro groups is 1. The Bertz CT molecular complexity index is 929. The van der Waals surface area contributed by atoms with Crippen LogP contribution in [0.3, 0.4) is 0 Å². The van der Waals surface area contributed by atoms with Crippen molar-refractivity contribution < 1.29 is 24.0 Å². The van der Waals surface area contributed by atoms with Gasteiger partial charge in [-0.2, -0.15) is 5.10 Å². The van der Waals surface area contributed by atoms with Gasteiger partial charge in [0.25, 0.3) is 11.6 Å². The Morgan fingerprint density at radius 1 is 1.21 bits per heavy atom. The zero-order chi connectivity index (χ0) is 21.2. The average Bonchev–Trinajstić information content (AvgIpc) is 2.67. The number of nitrogens with zero attached hydrogens (tertiary/aromatic N) is 2. The standard InChI is InChI=1S/C19H20N4O6/c1-2-28-17-9-13(7-8-16(17)29-12-18(20)24)11-21-22-19(25)10-14-5-3-4-6-15(14)23(26)27/h3-9,11H,2,10,12H2,1H3,(H2,20,24)(H,22,25)/b21-11-. The van der Waals surface area contributed by atoms with E-state index < -0.39 is 16.7 Å². The minimum absolute atomic E-state index is 0.125. The van der Waals surface area contributed by atoms with E-state index in [9.17, 15) is 19.7 Å². The van der Waals surface area contributed by atoms with Crippen molar-refractivity contribution in [2.24, 2.45) is 10.8 Å². The van der Waals surface area contributed by atoms with Gasteiger partial charge in [-0.15, -0.1) is 0 Å². The molecular weight excluding hydrogens is 380 g/mol. The van der Waals surface area contributed by atoms with E-state index in [1.807, 2.05) is 0 Å². The van der Waals surface area contributed by atoms with E-state index in [-0.39, 0.29) is 18.7 Å². The third kappa shape index (κ3) is 6.61. The molecule has 0 spiro atoms. The van der Waals surface area contributed by atoms with E-state index in [1.54, 1.807) is 31.2 Å². The molecule has 2 aromatic carbocycles. The first kappa shape index (κ1) is 21.4. The van der Waals surface area contributed by atoms with Gasteiger partial charge in [0.2, 0.25) is 5.91 Å². The van der Waals surface area contributed by atoms with Gasteiger partial charge in [0.1, 0.15) is 0 Å². The van der Waals surface area contributed by atoms with Gasteiger partial charge in [0.15, 0.2) is 18.1 Å². The Hall–Kier alpha value is -3.95. The number of hydrogen-bond donors (Lipinski definition) is 2. The van der Waals surface area contributed by atoms with Crippen LogP contribution in [0.1, 0.15) is 18.1 Å². The number of nitrogens with two attached hydrogens (primary N) is 1. The number of nitrogens with one attached hydrogen (secondary N) is 1. The van der Waals surface area contributed by atoms with Gasteiger partial charge in [0, 0.05) is 11.6 Å². The Morgan fingerprint density at radius 2 is 1.97 bits per heavy atom. The summed E-state index contributed by atoms with van der Waals surface area (Å²) in [6.07, 6.45) is 1.20. The summed E-state index contributed by atoms with van der Waals surface area (Å²) in [5.74, 6) is -0.367. The molecule has 2 amide bonds. The molecule has 2 rings (SSSR count). The maximum Gasteiger partial charge on any atom is 0.273 e. The second-order valence-corrected chi connectivity index (χ2v) is 5.75. The van der Waals surface area contributed by atoms with Crippen molar-refractivity contribution in [1.29, 1.82) is 0 Å². The van der Waals surface area contributed by atoms with Gasteiger partial charge in [-0.3, -0.25) is 19.7 Å². The smallest absolute Gasteiger partial charge is 0.273 e. The van der Waals surface area contributed by atoms with E-state index in [0.29, 0.717) is 29.2 Å². The van der Waals surface area contributed by atoms with Crippen LogP contribution < -0.4 is 20.6 Å². The molecule has 0 saturated heterocycles. The van der Waals surface area contributed by atoms with Crippen molar-refractivity contribution in [2.75, 3.05) is 13.2 Å². The van der Waals surface area contributed by atoms with Gasteiger partial charge in [-0.25, -0.2) is 5.43 Å². The Kier molecular flexibility index (Phi) is 7.66. The highest BCUT2D eigenvalue weighted by molar-refractivity contribution is 5.84. The number of primary amides is 1. The predicted molar refractivity (Wildman–Crippen MR) is 105 cm³/mol. The zero-order valence-corrected chi connectivity index (χ0v) is 15.7. The highest BCUT2D eigenvalue weighted by atomic mass is 16.6. The molecule has 0 heterocycles. The first-order valence-electron chi connectivity index (χ1n) is 8.62. The van der Waals surface area contributed by atoms with E-state index >= 15 is 0 Å². The van der Waals surface area contributed by atoms with Crippen molar-refractivity contribution in [2.45, 2.75) is 13.3 Å². The van der Waals surface area contributed by atoms with Crippen LogP contribution in [0.2, 0.25) is 0 Å². The van der Waals surface area contributed by atoms with Crippen molar-refractivity contribution in [3.05, 3.63) is 63.7 Å². The quantitative estimate of drug-likeness (QED) is 0.351. The molecule has 0 aliphatic carbocycles. The lowest BCUT2D eigenvalue weighted by Crippen LogP contribution is -2.20. The second-order valence-electron chi connectivity index (χ2n) is 5.75. The molecular formula is C19H20N4O6. The zero-order valence-electron chi connectivity index (χ0n) is 15.7. The molecule has 29 heavy (non-hydrogen) atoms. The summed E-state index contributed by atoms with van der Waals surface area (Å²) in [5.41, 5.74) is 8.16. The highest BCUT2D eigenvalue weighted by Crippen LogP contribution is 2.28. The second kappa shape index (κ2) is 10.4. The lowest BCUT2D eigenvalue weighted by atomic mass is 10.1. The van der Waals surface area contributed by atoms with E-state index in [1.165, 1.54) is 24.4 Å². The van der Waals surface area contributed by atoms with Gasteiger partial charge in [-0.05, 0) is 30.7 Å². The Labute approximate surface area is 166 Å². The summed E-state index contributed by atoms with van der Waals surface area (Å²) in [4.78, 5) is 33.3. The monoisotopic (exact) mass is 400 g/mol. The lowest BCUT2D eigenvalue weighted by molar-refractivity contribution is -0.385. The molecule has 0 fully saturated rings. The number of para-hydroxylation sites is 1. The first-order valence-corrected chi connectivity index (χ1v) is 8.62. The predicted octanol–water partition coefficient (Wildman–Crippen LogP) is 1.55. The molecule has 10 nitrogen and oxygen atoms in total. The van der Waals surface area contributed by atoms with Crippen LogP contribution in [0.25, 0.3) is 0 Å². The lowest BCUT2D eigenvalue weighted by Gasteiger charge is -2.11. The summed E-state index contributed by atoms with van der Waals surface area (Å²) in [5, 5.41) is 14.8. The summed E-state index contributed by atoms with van der Waals surface area (Å²) >= 11 is 0. The number of amides is 2. The summed E-state index contributed by atoms with van der Waals surface area (Å²) in [6, 6.07) is 10.9. The van der Waals surface area contributed by atoms with Crippen molar-refractivity contribution in [1.82, 2.24) is 5.43 Å². The summed E-state index contributed by atoms with van der Waals surface area (Å²) < 4.78 is 10.7. The number of carbonyl (C=O) groups excluding carboxylic acids is 2. The molecule has 0 saturated carbocycles. The molecule has 2 aromatic rings. The maximum absolute atomic E-state index is 12.0. The fraction of sp³-hybridized carbons (Fsp3) is 0.211. The third-order valence-corrected chi connectivity index (χ3v) is 3.58. The normalized spacial score (nSPS) is 10.5. The number of hydrogen-bond acceptors (Lipinski definition) is 7. The highest BCUT2D eigenvalue weighted by Gasteiger charge is 2.15. The summed E-state index contributed by atoms with van der Waals surface area (Å²) in [7, 11) is 0. The van der Waals surface area contributed by atoms with Crippen LogP contribution in [0.15, 0.2) is 47.6 Å². The van der Waals surface area contributed by atoms with Crippen molar-refractivity contribution >= 4 is 23.7 Å². The number of hydrazone groups is 1. The van der Waals surface area contributed by atoms with Gasteiger partial charge in [-0.1, -0.05) is 18.2 Å². The van der Waals surface area contributed by atoms with Crippen LogP contribution >= 0.6 is 0 Å². The average molecular weight is 400 g/mol. The molecule has 0 bridgehead atoms. The van der Waals surface area contributed by atoms with Gasteiger partial charge in [0.05, 0.1) is 24.2 Å². The minimum atomic E-state index is -0.612. The molecule has 0 aliphatic heterocycles. The molecule has 3 N–H and O–H groups in total. The van der Waals surface area contributed by atoms with Gasteiger partial charge < -0.3 is 15.2 Å². The molecule has 0 aromatic heterocycles. The molecule has 0 radical (unpaired) electrons. The Morgan fingerprint density at radius 3 is 2.66 bits per heavy atom.